The van der Waals surface area contributed by atoms with Crippen LogP contribution in [0.1, 0.15) is 36.7 Å². The molecular formula is C16H24FN5O3. The molecule has 2 atom stereocenters. The molecule has 0 spiro atoms. The minimum Gasteiger partial charge on any atom is -0.372 e. The molecule has 3 rings (SSSR count). The van der Waals surface area contributed by atoms with Crippen LogP contribution in [0.25, 0.3) is 0 Å². The molecule has 2 fully saturated rings. The van der Waals surface area contributed by atoms with Crippen LogP contribution in [-0.4, -0.2) is 81.7 Å². The van der Waals surface area contributed by atoms with Crippen molar-refractivity contribution in [1.29, 1.82) is 0 Å². The third kappa shape index (κ3) is 4.15. The number of hydrogen-bond donors (Lipinski definition) is 0. The van der Waals surface area contributed by atoms with Crippen molar-refractivity contribution in [3.8, 4) is 0 Å². The van der Waals surface area contributed by atoms with E-state index in [0.717, 1.165) is 25.9 Å². The SMILES string of the molecule is CCOCC(=O)N1C[C@@H](F)C[C@H]1Cn1cc(C(=O)N2CCCC2)nn1. The van der Waals surface area contributed by atoms with Crippen molar-refractivity contribution in [1.82, 2.24) is 24.8 Å². The molecule has 1 aromatic heterocycles. The largest absolute Gasteiger partial charge is 0.372 e. The van der Waals surface area contributed by atoms with Crippen molar-refractivity contribution in [2.24, 2.45) is 0 Å². The second kappa shape index (κ2) is 7.90. The Balaban J connectivity index is 1.62. The molecule has 3 heterocycles. The molecule has 0 N–H and O–H groups in total. The van der Waals surface area contributed by atoms with Gasteiger partial charge in [-0.1, -0.05) is 5.21 Å². The molecule has 0 bridgehead atoms. The lowest BCUT2D eigenvalue weighted by molar-refractivity contribution is -0.137. The second-order valence-electron chi connectivity index (χ2n) is 6.50. The van der Waals surface area contributed by atoms with Gasteiger partial charge in [-0.05, 0) is 19.8 Å². The van der Waals surface area contributed by atoms with Crippen LogP contribution >= 0.6 is 0 Å². The van der Waals surface area contributed by atoms with Crippen LogP contribution in [-0.2, 0) is 16.1 Å². The van der Waals surface area contributed by atoms with Crippen molar-refractivity contribution in [3.63, 3.8) is 0 Å². The molecule has 138 valence electrons. The third-order valence-electron chi connectivity index (χ3n) is 4.66. The molecule has 0 unspecified atom stereocenters. The van der Waals surface area contributed by atoms with E-state index in [4.69, 9.17) is 4.74 Å². The van der Waals surface area contributed by atoms with Gasteiger partial charge < -0.3 is 14.5 Å². The van der Waals surface area contributed by atoms with E-state index < -0.39 is 6.17 Å². The molecule has 2 aliphatic heterocycles. The molecule has 9 heteroatoms. The van der Waals surface area contributed by atoms with E-state index in [0.29, 0.717) is 18.8 Å². The zero-order valence-corrected chi connectivity index (χ0v) is 14.4. The minimum absolute atomic E-state index is 0.0459. The average molecular weight is 353 g/mol. The van der Waals surface area contributed by atoms with Crippen LogP contribution in [0.2, 0.25) is 0 Å². The molecule has 2 saturated heterocycles. The maximum absolute atomic E-state index is 13.8. The fourth-order valence-corrected chi connectivity index (χ4v) is 3.39. The zero-order valence-electron chi connectivity index (χ0n) is 14.4. The van der Waals surface area contributed by atoms with E-state index in [-0.39, 0.29) is 37.4 Å². The predicted octanol–water partition coefficient (Wildman–Crippen LogP) is 0.490. The van der Waals surface area contributed by atoms with Gasteiger partial charge >= 0.3 is 0 Å². The summed E-state index contributed by atoms with van der Waals surface area (Å²) in [5.74, 6) is -0.344. The Labute approximate surface area is 145 Å². The van der Waals surface area contributed by atoms with E-state index in [1.807, 2.05) is 0 Å². The van der Waals surface area contributed by atoms with Crippen molar-refractivity contribution >= 4 is 11.8 Å². The van der Waals surface area contributed by atoms with E-state index in [9.17, 15) is 14.0 Å². The maximum Gasteiger partial charge on any atom is 0.276 e. The van der Waals surface area contributed by atoms with Crippen LogP contribution in [0.4, 0.5) is 4.39 Å². The number of halogens is 1. The van der Waals surface area contributed by atoms with Crippen LogP contribution < -0.4 is 0 Å². The number of aromatic nitrogens is 3. The lowest BCUT2D eigenvalue weighted by Crippen LogP contribution is -2.40. The summed E-state index contributed by atoms with van der Waals surface area (Å²) >= 11 is 0. The van der Waals surface area contributed by atoms with Crippen LogP contribution in [0, 0.1) is 0 Å². The quantitative estimate of drug-likeness (QED) is 0.744. The van der Waals surface area contributed by atoms with Gasteiger partial charge in [-0.15, -0.1) is 5.10 Å². The van der Waals surface area contributed by atoms with Crippen LogP contribution in [0.5, 0.6) is 0 Å². The number of rotatable bonds is 6. The smallest absolute Gasteiger partial charge is 0.276 e. The molecule has 25 heavy (non-hydrogen) atoms. The topological polar surface area (TPSA) is 80.6 Å². The Bertz CT molecular complexity index is 617. The highest BCUT2D eigenvalue weighted by Crippen LogP contribution is 2.22. The van der Waals surface area contributed by atoms with Gasteiger partial charge in [-0.3, -0.25) is 9.59 Å². The lowest BCUT2D eigenvalue weighted by Gasteiger charge is -2.23. The highest BCUT2D eigenvalue weighted by atomic mass is 19.1. The summed E-state index contributed by atoms with van der Waals surface area (Å²) in [4.78, 5) is 27.7. The molecular weight excluding hydrogens is 329 g/mol. The van der Waals surface area contributed by atoms with Crippen molar-refractivity contribution in [2.45, 2.75) is 44.9 Å². The fraction of sp³-hybridized carbons (Fsp3) is 0.750. The van der Waals surface area contributed by atoms with E-state index >= 15 is 0 Å². The van der Waals surface area contributed by atoms with E-state index in [1.165, 1.54) is 9.58 Å². The summed E-state index contributed by atoms with van der Waals surface area (Å²) in [6.07, 6.45) is 2.81. The third-order valence-corrected chi connectivity index (χ3v) is 4.66. The first-order valence-corrected chi connectivity index (χ1v) is 8.79. The van der Waals surface area contributed by atoms with Gasteiger partial charge in [0.15, 0.2) is 5.69 Å². The summed E-state index contributed by atoms with van der Waals surface area (Å²) in [6, 6.07) is -0.306. The Morgan fingerprint density at radius 1 is 1.36 bits per heavy atom. The molecule has 0 aliphatic carbocycles. The predicted molar refractivity (Wildman–Crippen MR) is 86.7 cm³/mol. The minimum atomic E-state index is -1.05. The van der Waals surface area contributed by atoms with Gasteiger partial charge in [0.25, 0.3) is 5.91 Å². The van der Waals surface area contributed by atoms with Crippen molar-refractivity contribution in [3.05, 3.63) is 11.9 Å². The number of alkyl halides is 1. The number of carbonyl (C=O) groups excluding carboxylic acids is 2. The molecule has 0 saturated carbocycles. The van der Waals surface area contributed by atoms with Gasteiger partial charge in [-0.25, -0.2) is 9.07 Å². The monoisotopic (exact) mass is 353 g/mol. The van der Waals surface area contributed by atoms with Gasteiger partial charge in [0.1, 0.15) is 12.8 Å². The summed E-state index contributed by atoms with van der Waals surface area (Å²) in [5.41, 5.74) is 0.295. The molecule has 0 aromatic carbocycles. The van der Waals surface area contributed by atoms with E-state index in [2.05, 4.69) is 10.3 Å². The molecule has 8 nitrogen and oxygen atoms in total. The van der Waals surface area contributed by atoms with Gasteiger partial charge in [0, 0.05) is 26.1 Å². The number of hydrogen-bond acceptors (Lipinski definition) is 5. The van der Waals surface area contributed by atoms with E-state index in [1.54, 1.807) is 18.0 Å². The lowest BCUT2D eigenvalue weighted by atomic mass is 10.2. The Hall–Kier alpha value is -2.03. The molecule has 2 amide bonds. The van der Waals surface area contributed by atoms with Gasteiger partial charge in [-0.2, -0.15) is 0 Å². The number of likely N-dealkylation sites (tertiary alicyclic amines) is 2. The zero-order chi connectivity index (χ0) is 17.8. The Kier molecular flexibility index (Phi) is 5.62. The van der Waals surface area contributed by atoms with Gasteiger partial charge in [0.2, 0.25) is 5.91 Å². The Morgan fingerprint density at radius 2 is 2.12 bits per heavy atom. The van der Waals surface area contributed by atoms with Crippen LogP contribution in [0.3, 0.4) is 0 Å². The standard InChI is InChI=1S/C16H24FN5O3/c1-2-25-11-15(23)22-8-12(17)7-13(22)9-21-10-14(18-19-21)16(24)20-5-3-4-6-20/h10,12-13H,2-9,11H2,1H3/t12-,13-/m0/s1. The fourth-order valence-electron chi connectivity index (χ4n) is 3.39. The summed E-state index contributed by atoms with van der Waals surface area (Å²) < 4.78 is 20.5. The highest BCUT2D eigenvalue weighted by Gasteiger charge is 2.35. The summed E-state index contributed by atoms with van der Waals surface area (Å²) in [5, 5.41) is 7.92. The number of amides is 2. The highest BCUT2D eigenvalue weighted by molar-refractivity contribution is 5.92. The first-order valence-electron chi connectivity index (χ1n) is 8.79. The summed E-state index contributed by atoms with van der Waals surface area (Å²) in [6.45, 7) is 4.09. The Morgan fingerprint density at radius 3 is 2.84 bits per heavy atom. The molecule has 1 aromatic rings. The maximum atomic E-state index is 13.8. The number of ether oxygens (including phenoxy) is 1. The second-order valence-corrected chi connectivity index (χ2v) is 6.50. The molecule has 0 radical (unpaired) electrons. The van der Waals surface area contributed by atoms with Crippen molar-refractivity contribution in [2.75, 3.05) is 32.8 Å². The molecule has 2 aliphatic rings. The summed E-state index contributed by atoms with van der Waals surface area (Å²) in [7, 11) is 0. The first kappa shape index (κ1) is 17.8. The number of nitrogens with zero attached hydrogens (tertiary/aromatic N) is 5. The number of carbonyl (C=O) groups is 2. The first-order chi connectivity index (χ1) is 12.1. The van der Waals surface area contributed by atoms with Crippen LogP contribution in [0.15, 0.2) is 6.20 Å². The average Bonchev–Trinajstić information content (AvgIpc) is 3.33. The normalized spacial score (nSPS) is 23.4. The van der Waals surface area contributed by atoms with Gasteiger partial charge in [0.05, 0.1) is 25.3 Å². The van der Waals surface area contributed by atoms with Crippen molar-refractivity contribution < 1.29 is 18.7 Å².